The van der Waals surface area contributed by atoms with E-state index < -0.39 is 16.4 Å². The van der Waals surface area contributed by atoms with Crippen LogP contribution < -0.4 is 0 Å². The Kier molecular flexibility index (Phi) is 3.77. The quantitative estimate of drug-likeness (QED) is 0.665. The second-order valence-electron chi connectivity index (χ2n) is 0.482. The van der Waals surface area contributed by atoms with Gasteiger partial charge in [-0.25, -0.2) is 0 Å². The van der Waals surface area contributed by atoms with Gasteiger partial charge in [0.2, 0.25) is 0 Å². The molecule has 1 atom stereocenters. The molecule has 0 heterocycles. The van der Waals surface area contributed by atoms with Gasteiger partial charge in [-0.05, 0) is 0 Å². The molecule has 25 valence electrons. The van der Waals surface area contributed by atoms with Gasteiger partial charge in [-0.3, -0.25) is 0 Å². The summed E-state index contributed by atoms with van der Waals surface area (Å²) in [5.74, 6) is 0. The molecule has 1 N–H and O–H groups in total. The first-order valence-electron chi connectivity index (χ1n) is 1.03. The molecular weight excluding hydrogens is 320 g/mol. The number of carboxylic acid groups (broad SMARTS) is 1. The Morgan fingerprint density at radius 3 is 2.20 bits per heavy atom. The summed E-state index contributed by atoms with van der Waals surface area (Å²) in [6.45, 7) is 0. The number of rotatable bonds is 1. The Morgan fingerprint density at radius 1 is 2.00 bits per heavy atom. The monoisotopic (exact) mass is 323 g/mol. The summed E-state index contributed by atoms with van der Waals surface area (Å²) in [7, 11) is 0. The molecular formula is CH2AsHgO2. The molecule has 0 fully saturated rings. The van der Waals surface area contributed by atoms with Gasteiger partial charge in [0, 0.05) is 0 Å². The van der Waals surface area contributed by atoms with E-state index in [1.54, 1.807) is 0 Å². The fourth-order valence-electron chi connectivity index (χ4n) is 0. The van der Waals surface area contributed by atoms with Crippen molar-refractivity contribution in [3.63, 3.8) is 0 Å². The van der Waals surface area contributed by atoms with Gasteiger partial charge < -0.3 is 0 Å². The zero-order valence-electron chi connectivity index (χ0n) is 2.56. The molecule has 0 spiro atoms. The van der Waals surface area contributed by atoms with Gasteiger partial charge in [0.1, 0.15) is 0 Å². The molecule has 0 aliphatic heterocycles. The van der Waals surface area contributed by atoms with E-state index in [9.17, 15) is 4.79 Å². The second-order valence-corrected chi connectivity index (χ2v) is 9.26. The van der Waals surface area contributed by atoms with E-state index in [1.807, 2.05) is 0 Å². The molecule has 0 aliphatic carbocycles. The Hall–Kier alpha value is 0.964. The van der Waals surface area contributed by atoms with Crippen molar-refractivity contribution < 1.29 is 33.3 Å². The van der Waals surface area contributed by atoms with Crippen molar-refractivity contribution in [2.45, 2.75) is 0 Å². The summed E-state index contributed by atoms with van der Waals surface area (Å²) in [5, 5.41) is 7.83. The first-order valence-corrected chi connectivity index (χ1v) is 17.8. The molecule has 0 aromatic heterocycles. The van der Waals surface area contributed by atoms with Crippen molar-refractivity contribution in [2.75, 3.05) is 0 Å². The van der Waals surface area contributed by atoms with E-state index in [2.05, 4.69) is 0 Å². The summed E-state index contributed by atoms with van der Waals surface area (Å²) in [6.07, 6.45) is 0. The molecule has 0 bridgehead atoms. The Labute approximate surface area is 49.5 Å². The predicted molar refractivity (Wildman–Crippen MR) is 15.2 cm³/mol. The summed E-state index contributed by atoms with van der Waals surface area (Å²) in [6, 6.07) is 0. The Bertz CT molecular complexity index is 44.9. The van der Waals surface area contributed by atoms with Crippen molar-refractivity contribution in [3.8, 4) is 0 Å². The average molecular weight is 322 g/mol. The molecule has 0 amide bonds. The minimum absolute atomic E-state index is 0.444. The van der Waals surface area contributed by atoms with Crippen molar-refractivity contribution in [2.24, 2.45) is 0 Å². The van der Waals surface area contributed by atoms with Crippen molar-refractivity contribution in [1.29, 1.82) is 0 Å². The molecule has 0 rings (SSSR count). The van der Waals surface area contributed by atoms with E-state index in [1.165, 1.54) is 0 Å². The predicted octanol–water partition coefficient (Wildman–Crippen LogP) is -0.437. The zero-order valence-corrected chi connectivity index (χ0v) is 10.2. The van der Waals surface area contributed by atoms with Crippen LogP contribution in [0.3, 0.4) is 0 Å². The normalized spacial score (nSPS) is 10.0. The van der Waals surface area contributed by atoms with Crippen molar-refractivity contribution in [1.82, 2.24) is 0 Å². The van der Waals surface area contributed by atoms with Crippen LogP contribution in [0.5, 0.6) is 0 Å². The van der Waals surface area contributed by atoms with Crippen LogP contribution in [-0.4, -0.2) is 21.5 Å². The van der Waals surface area contributed by atoms with E-state index >= 15 is 0 Å². The number of carbonyl (C=O) groups is 1. The third kappa shape index (κ3) is 4.96. The molecule has 5 heavy (non-hydrogen) atoms. The maximum atomic E-state index is 9.47. The van der Waals surface area contributed by atoms with Gasteiger partial charge in [0.25, 0.3) is 0 Å². The van der Waals surface area contributed by atoms with Crippen LogP contribution in [0.4, 0.5) is 4.79 Å². The third-order valence-electron chi connectivity index (χ3n) is 0.151. The SMILES string of the molecule is O=C(O)[AsH][Hg]. The fraction of sp³-hybridized carbons (Fsp3) is 0. The molecule has 1 unspecified atom stereocenters. The summed E-state index contributed by atoms with van der Waals surface area (Å²) >= 11 is 0.124. The topological polar surface area (TPSA) is 37.3 Å². The Morgan fingerprint density at radius 2 is 2.20 bits per heavy atom. The fourth-order valence-corrected chi connectivity index (χ4v) is 0. The van der Waals surface area contributed by atoms with E-state index in [0.29, 0.717) is 23.4 Å². The van der Waals surface area contributed by atoms with Crippen LogP contribution in [0, 0.1) is 0 Å². The van der Waals surface area contributed by atoms with Crippen LogP contribution in [0.2, 0.25) is 0 Å². The summed E-state index contributed by atoms with van der Waals surface area (Å²) < 4.78 is -0.534. The van der Waals surface area contributed by atoms with Crippen LogP contribution in [0.15, 0.2) is 0 Å². The van der Waals surface area contributed by atoms with E-state index in [0.717, 1.165) is 0 Å². The number of hydrogen-bond donors (Lipinski definition) is 1. The molecule has 0 saturated carbocycles. The van der Waals surface area contributed by atoms with Gasteiger partial charge in [0.05, 0.1) is 0 Å². The van der Waals surface area contributed by atoms with Crippen molar-refractivity contribution in [3.05, 3.63) is 0 Å². The molecule has 4 heteroatoms. The third-order valence-corrected chi connectivity index (χ3v) is 6.90. The van der Waals surface area contributed by atoms with Crippen LogP contribution in [0.1, 0.15) is 0 Å². The van der Waals surface area contributed by atoms with Crippen LogP contribution in [-0.2, 0) is 23.4 Å². The second kappa shape index (κ2) is 3.16. The van der Waals surface area contributed by atoms with Crippen LogP contribution in [0.25, 0.3) is 0 Å². The van der Waals surface area contributed by atoms with Gasteiger partial charge in [-0.15, -0.1) is 0 Å². The van der Waals surface area contributed by atoms with Crippen molar-refractivity contribution >= 4 is 16.4 Å². The molecule has 0 aromatic rings. The number of hydrogen-bond acceptors (Lipinski definition) is 1. The molecule has 0 saturated heterocycles. The van der Waals surface area contributed by atoms with E-state index in [4.69, 9.17) is 5.11 Å². The van der Waals surface area contributed by atoms with Gasteiger partial charge in [0.15, 0.2) is 0 Å². The van der Waals surface area contributed by atoms with Gasteiger partial charge in [-0.2, -0.15) is 0 Å². The molecule has 0 aromatic carbocycles. The zero-order chi connectivity index (χ0) is 4.28. The van der Waals surface area contributed by atoms with Crippen LogP contribution >= 0.6 is 0 Å². The first kappa shape index (κ1) is 5.96. The van der Waals surface area contributed by atoms with E-state index in [-0.39, 0.29) is 0 Å². The maximum absolute atomic E-state index is 9.47. The summed E-state index contributed by atoms with van der Waals surface area (Å²) in [4.78, 5) is 9.47. The Balaban J connectivity index is 2.85. The standard InChI is InChI=1S/CH2AsO2.Hg/c2-1(3)4;/h2H,(H,3,4);/q-1;+1. The molecule has 0 radical (unpaired) electrons. The van der Waals surface area contributed by atoms with Gasteiger partial charge >= 0.3 is 49.7 Å². The molecule has 0 aliphatic rings. The minimum atomic E-state index is -0.534. The summed E-state index contributed by atoms with van der Waals surface area (Å²) in [5.41, 5.74) is 0. The first-order chi connectivity index (χ1) is 2.27. The average Bonchev–Trinajstić information content (AvgIpc) is 1.38. The van der Waals surface area contributed by atoms with Gasteiger partial charge in [-0.1, -0.05) is 0 Å². The molecule has 2 nitrogen and oxygen atoms in total.